The number of hydrogen-bond donors (Lipinski definition) is 0. The van der Waals surface area contributed by atoms with Crippen LogP contribution >= 0.6 is 0 Å². The van der Waals surface area contributed by atoms with Crippen LogP contribution in [-0.2, 0) is 6.42 Å². The van der Waals surface area contributed by atoms with Crippen molar-refractivity contribution in [3.05, 3.63) is 78.4 Å². The van der Waals surface area contributed by atoms with Gasteiger partial charge in [0.2, 0.25) is 5.82 Å². The molecule has 4 rings (SSSR count). The maximum Gasteiger partial charge on any atom is 0.258 e. The highest BCUT2D eigenvalue weighted by Crippen LogP contribution is 2.27. The van der Waals surface area contributed by atoms with Crippen molar-refractivity contribution in [3.63, 3.8) is 0 Å². The highest BCUT2D eigenvalue weighted by Gasteiger charge is 2.11. The summed E-state index contributed by atoms with van der Waals surface area (Å²) in [7, 11) is 0. The molecule has 0 saturated carbocycles. The Balaban J connectivity index is 1.33. The van der Waals surface area contributed by atoms with E-state index in [1.807, 2.05) is 24.3 Å². The zero-order valence-electron chi connectivity index (χ0n) is 21.7. The largest absolute Gasteiger partial charge is 0.494 e. The van der Waals surface area contributed by atoms with Gasteiger partial charge >= 0.3 is 0 Å². The van der Waals surface area contributed by atoms with E-state index >= 15 is 0 Å². The van der Waals surface area contributed by atoms with Crippen LogP contribution in [-0.4, -0.2) is 16.7 Å². The summed E-state index contributed by atoms with van der Waals surface area (Å²) in [5, 5.41) is 4.21. The smallest absolute Gasteiger partial charge is 0.258 e. The monoisotopic (exact) mass is 482 g/mol. The van der Waals surface area contributed by atoms with Gasteiger partial charge in [-0.05, 0) is 60.2 Å². The second-order valence-corrected chi connectivity index (χ2v) is 9.44. The highest BCUT2D eigenvalue weighted by atomic mass is 16.5. The molecule has 0 saturated heterocycles. The van der Waals surface area contributed by atoms with Gasteiger partial charge in [-0.1, -0.05) is 106 Å². The summed E-state index contributed by atoms with van der Waals surface area (Å²) in [4.78, 5) is 4.63. The molecule has 0 bridgehead atoms. The minimum Gasteiger partial charge on any atom is -0.494 e. The van der Waals surface area contributed by atoms with Crippen molar-refractivity contribution >= 4 is 0 Å². The van der Waals surface area contributed by atoms with E-state index in [-0.39, 0.29) is 0 Å². The molecule has 3 aromatic carbocycles. The van der Waals surface area contributed by atoms with E-state index in [0.717, 1.165) is 47.5 Å². The molecule has 4 nitrogen and oxygen atoms in total. The molecule has 0 aliphatic carbocycles. The van der Waals surface area contributed by atoms with E-state index in [9.17, 15) is 0 Å². The average molecular weight is 483 g/mol. The van der Waals surface area contributed by atoms with E-state index in [2.05, 4.69) is 72.5 Å². The summed E-state index contributed by atoms with van der Waals surface area (Å²) in [6.45, 7) is 5.25. The normalized spacial score (nSPS) is 11.1. The van der Waals surface area contributed by atoms with E-state index in [4.69, 9.17) is 9.26 Å². The Bertz CT molecular complexity index is 1160. The molecule has 0 radical (unpaired) electrons. The molecule has 0 aliphatic rings. The van der Waals surface area contributed by atoms with Gasteiger partial charge in [0.05, 0.1) is 6.61 Å². The Morgan fingerprint density at radius 3 is 1.86 bits per heavy atom. The Morgan fingerprint density at radius 2 is 1.19 bits per heavy atom. The van der Waals surface area contributed by atoms with Crippen LogP contribution in [0.1, 0.15) is 70.8 Å². The lowest BCUT2D eigenvalue weighted by Gasteiger charge is -2.07. The lowest BCUT2D eigenvalue weighted by atomic mass is 10.0. The molecule has 36 heavy (non-hydrogen) atoms. The average Bonchev–Trinajstić information content (AvgIpc) is 3.42. The van der Waals surface area contributed by atoms with Crippen molar-refractivity contribution in [2.24, 2.45) is 0 Å². The first-order valence-electron chi connectivity index (χ1n) is 13.5. The van der Waals surface area contributed by atoms with Crippen molar-refractivity contribution in [1.29, 1.82) is 0 Å². The minimum absolute atomic E-state index is 0.553. The minimum atomic E-state index is 0.553. The van der Waals surface area contributed by atoms with E-state index in [0.29, 0.717) is 11.7 Å². The van der Waals surface area contributed by atoms with Gasteiger partial charge in [0, 0.05) is 11.1 Å². The molecule has 0 fully saturated rings. The summed E-state index contributed by atoms with van der Waals surface area (Å²) in [6.07, 6.45) is 11.1. The second-order valence-electron chi connectivity index (χ2n) is 9.44. The van der Waals surface area contributed by atoms with Crippen LogP contribution in [0.15, 0.2) is 77.3 Å². The van der Waals surface area contributed by atoms with Gasteiger partial charge in [-0.25, -0.2) is 0 Å². The first-order chi connectivity index (χ1) is 17.8. The fourth-order valence-corrected chi connectivity index (χ4v) is 4.30. The van der Waals surface area contributed by atoms with Crippen molar-refractivity contribution in [2.45, 2.75) is 71.6 Å². The Hall–Kier alpha value is -3.40. The summed E-state index contributed by atoms with van der Waals surface area (Å²) in [5.41, 5.74) is 5.55. The fourth-order valence-electron chi connectivity index (χ4n) is 4.30. The number of rotatable bonds is 14. The lowest BCUT2D eigenvalue weighted by molar-refractivity contribution is 0.305. The van der Waals surface area contributed by atoms with Crippen molar-refractivity contribution in [2.75, 3.05) is 6.61 Å². The van der Waals surface area contributed by atoms with Crippen LogP contribution in [0.25, 0.3) is 34.0 Å². The van der Waals surface area contributed by atoms with Gasteiger partial charge in [0.25, 0.3) is 5.89 Å². The van der Waals surface area contributed by atoms with Gasteiger partial charge in [0.1, 0.15) is 5.75 Å². The van der Waals surface area contributed by atoms with Crippen LogP contribution < -0.4 is 4.74 Å². The van der Waals surface area contributed by atoms with Crippen LogP contribution in [0.4, 0.5) is 0 Å². The summed E-state index contributed by atoms with van der Waals surface area (Å²) in [6, 6.07) is 25.1. The van der Waals surface area contributed by atoms with Crippen molar-refractivity contribution < 1.29 is 9.26 Å². The Kier molecular flexibility index (Phi) is 9.72. The number of benzene rings is 3. The molecule has 4 aromatic rings. The van der Waals surface area contributed by atoms with Crippen LogP contribution in [0.5, 0.6) is 5.75 Å². The fraction of sp³-hybridized carbons (Fsp3) is 0.375. The molecule has 1 aromatic heterocycles. The van der Waals surface area contributed by atoms with Crippen LogP contribution in [0, 0.1) is 0 Å². The zero-order chi connectivity index (χ0) is 25.0. The standard InChI is InChI=1S/C32H38N2O2/c1-3-5-7-9-11-25-12-14-29(15-13-25)32-33-31(34-36-32)28-18-16-26(17-19-28)27-20-22-30(23-21-27)35-24-10-8-6-4-2/h12-23H,3-11,24H2,1-2H3. The van der Waals surface area contributed by atoms with Gasteiger partial charge in [-0.15, -0.1) is 0 Å². The zero-order valence-corrected chi connectivity index (χ0v) is 21.7. The molecule has 188 valence electrons. The molecular formula is C32H38N2O2. The lowest BCUT2D eigenvalue weighted by Crippen LogP contribution is -1.96. The quantitative estimate of drug-likeness (QED) is 0.168. The summed E-state index contributed by atoms with van der Waals surface area (Å²) < 4.78 is 11.4. The van der Waals surface area contributed by atoms with Gasteiger partial charge < -0.3 is 9.26 Å². The Morgan fingerprint density at radius 1 is 0.611 bits per heavy atom. The van der Waals surface area contributed by atoms with Crippen LogP contribution in [0.2, 0.25) is 0 Å². The SMILES string of the molecule is CCCCCCOc1ccc(-c2ccc(-c3noc(-c4ccc(CCCCCC)cc4)n3)cc2)cc1. The number of ether oxygens (including phenoxy) is 1. The first-order valence-corrected chi connectivity index (χ1v) is 13.5. The predicted octanol–water partition coefficient (Wildman–Crippen LogP) is 9.15. The predicted molar refractivity (Wildman–Crippen MR) is 148 cm³/mol. The number of unbranched alkanes of at least 4 members (excludes halogenated alkanes) is 6. The summed E-state index contributed by atoms with van der Waals surface area (Å²) in [5.74, 6) is 2.08. The van der Waals surface area contributed by atoms with E-state index in [1.165, 1.54) is 50.5 Å². The molecule has 0 spiro atoms. The first kappa shape index (κ1) is 25.7. The molecule has 1 heterocycles. The maximum absolute atomic E-state index is 5.86. The van der Waals surface area contributed by atoms with Crippen molar-refractivity contribution in [3.8, 4) is 39.7 Å². The molecule has 0 amide bonds. The van der Waals surface area contributed by atoms with Gasteiger partial charge in [-0.3, -0.25) is 0 Å². The van der Waals surface area contributed by atoms with Crippen molar-refractivity contribution in [1.82, 2.24) is 10.1 Å². The number of nitrogens with zero attached hydrogens (tertiary/aromatic N) is 2. The van der Waals surface area contributed by atoms with E-state index in [1.54, 1.807) is 0 Å². The highest BCUT2D eigenvalue weighted by molar-refractivity contribution is 5.68. The van der Waals surface area contributed by atoms with Gasteiger partial charge in [0.15, 0.2) is 0 Å². The molecule has 0 aliphatic heterocycles. The molecule has 0 N–H and O–H groups in total. The van der Waals surface area contributed by atoms with Crippen LogP contribution in [0.3, 0.4) is 0 Å². The number of aryl methyl sites for hydroxylation is 1. The third kappa shape index (κ3) is 7.30. The topological polar surface area (TPSA) is 48.2 Å². The third-order valence-electron chi connectivity index (χ3n) is 6.54. The molecule has 0 unspecified atom stereocenters. The molecule has 0 atom stereocenters. The third-order valence-corrected chi connectivity index (χ3v) is 6.54. The Labute approximate surface area is 215 Å². The summed E-state index contributed by atoms with van der Waals surface area (Å²) >= 11 is 0. The molecular weight excluding hydrogens is 444 g/mol. The second kappa shape index (κ2) is 13.6. The number of hydrogen-bond acceptors (Lipinski definition) is 4. The number of aromatic nitrogens is 2. The maximum atomic E-state index is 5.86. The van der Waals surface area contributed by atoms with E-state index < -0.39 is 0 Å². The molecule has 4 heteroatoms. The van der Waals surface area contributed by atoms with Gasteiger partial charge in [-0.2, -0.15) is 4.98 Å².